The summed E-state index contributed by atoms with van der Waals surface area (Å²) >= 11 is 0. The molecule has 0 atom stereocenters. The first-order valence-electron chi connectivity index (χ1n) is 10.5. The Hall–Kier alpha value is -3.28. The highest BCUT2D eigenvalue weighted by molar-refractivity contribution is 5.99. The highest BCUT2D eigenvalue weighted by Crippen LogP contribution is 2.53. The second-order valence-corrected chi connectivity index (χ2v) is 9.93. The van der Waals surface area contributed by atoms with E-state index >= 15 is 0 Å². The number of alkyl halides is 3. The van der Waals surface area contributed by atoms with E-state index in [1.165, 1.54) is 12.1 Å². The third kappa shape index (κ3) is 3.48. The van der Waals surface area contributed by atoms with Crippen LogP contribution in [0.4, 0.5) is 18.9 Å². The minimum atomic E-state index is -4.99. The minimum absolute atomic E-state index is 0.135. The number of fused-ring (bicyclic) bond motifs is 2. The molecule has 1 aromatic carbocycles. The molecule has 2 aliphatic rings. The zero-order valence-electron chi connectivity index (χ0n) is 18.7. The van der Waals surface area contributed by atoms with E-state index in [1.807, 2.05) is 27.7 Å². The van der Waals surface area contributed by atoms with Crippen LogP contribution in [0.15, 0.2) is 20.9 Å². The molecular formula is C24H23F3N2O4. The maximum atomic E-state index is 14.4. The molecule has 0 fully saturated rings. The van der Waals surface area contributed by atoms with Gasteiger partial charge >= 0.3 is 17.8 Å². The molecule has 0 saturated heterocycles. The van der Waals surface area contributed by atoms with Gasteiger partial charge in [0.05, 0.1) is 11.1 Å². The van der Waals surface area contributed by atoms with Crippen LogP contribution in [0.25, 0.3) is 17.0 Å². The highest BCUT2D eigenvalue weighted by Gasteiger charge is 2.45. The van der Waals surface area contributed by atoms with Crippen LogP contribution in [0, 0.1) is 11.3 Å². The van der Waals surface area contributed by atoms with Crippen LogP contribution < -0.4 is 10.5 Å². The van der Waals surface area contributed by atoms with Crippen molar-refractivity contribution in [2.24, 2.45) is 0 Å². The Morgan fingerprint density at radius 1 is 1.21 bits per heavy atom. The van der Waals surface area contributed by atoms with Gasteiger partial charge in [0.15, 0.2) is 0 Å². The van der Waals surface area contributed by atoms with Gasteiger partial charge in [-0.15, -0.1) is 0 Å². The number of benzene rings is 1. The maximum Gasteiger partial charge on any atom is 0.417 e. The van der Waals surface area contributed by atoms with Crippen molar-refractivity contribution in [3.8, 4) is 6.07 Å². The third-order valence-electron chi connectivity index (χ3n) is 6.86. The average molecular weight is 460 g/mol. The Labute approximate surface area is 187 Å². The van der Waals surface area contributed by atoms with Crippen molar-refractivity contribution in [3.63, 3.8) is 0 Å². The van der Waals surface area contributed by atoms with Gasteiger partial charge in [0.25, 0.3) is 0 Å². The summed E-state index contributed by atoms with van der Waals surface area (Å²) in [6.45, 7) is 9.27. The Bertz CT molecular complexity index is 1320. The number of rotatable bonds is 2. The number of carboxylic acid groups (broad SMARTS) is 1. The summed E-state index contributed by atoms with van der Waals surface area (Å²) < 4.78 is 48.7. The standard InChI is InChI=1S/C24H23F3N2O4/c1-22(2)5-7-29-8-6-23(3,4)17-18(29)15(22)10-13-16(24(25,26)27)14(21(32)33-19(13)17)9-12(11-28)20(30)31/h9-10H,5-8H2,1-4H3,(H,30,31)/b12-9-. The summed E-state index contributed by atoms with van der Waals surface area (Å²) in [5.41, 5.74) is -3.58. The zero-order valence-corrected chi connectivity index (χ0v) is 18.7. The Morgan fingerprint density at radius 3 is 2.36 bits per heavy atom. The van der Waals surface area contributed by atoms with Gasteiger partial charge in [0.2, 0.25) is 0 Å². The summed E-state index contributed by atoms with van der Waals surface area (Å²) in [6.07, 6.45) is -3.13. The number of hydrogen-bond donors (Lipinski definition) is 1. The molecule has 0 unspecified atom stereocenters. The molecule has 1 aromatic heterocycles. The van der Waals surface area contributed by atoms with Crippen LogP contribution in [0.1, 0.15) is 62.8 Å². The molecule has 0 radical (unpaired) electrons. The van der Waals surface area contributed by atoms with Gasteiger partial charge in [0, 0.05) is 29.7 Å². The number of hydrogen-bond acceptors (Lipinski definition) is 5. The molecular weight excluding hydrogens is 437 g/mol. The summed E-state index contributed by atoms with van der Waals surface area (Å²) in [7, 11) is 0. The van der Waals surface area contributed by atoms with E-state index in [4.69, 9.17) is 14.8 Å². The first kappa shape index (κ1) is 22.9. The molecule has 4 rings (SSSR count). The molecule has 0 amide bonds. The van der Waals surface area contributed by atoms with Crippen LogP contribution in [-0.4, -0.2) is 24.2 Å². The van der Waals surface area contributed by atoms with E-state index in [1.54, 1.807) is 0 Å². The smallest absolute Gasteiger partial charge is 0.417 e. The predicted molar refractivity (Wildman–Crippen MR) is 116 cm³/mol. The van der Waals surface area contributed by atoms with Gasteiger partial charge in [-0.05, 0) is 41.4 Å². The lowest BCUT2D eigenvalue weighted by Gasteiger charge is -2.48. The number of carboxylic acids is 1. The molecule has 0 saturated carbocycles. The number of nitriles is 1. The van der Waals surface area contributed by atoms with Gasteiger partial charge in [0.1, 0.15) is 17.2 Å². The van der Waals surface area contributed by atoms with Crippen molar-refractivity contribution < 1.29 is 27.5 Å². The first-order chi connectivity index (χ1) is 15.2. The van der Waals surface area contributed by atoms with Crippen molar-refractivity contribution in [1.29, 1.82) is 5.26 Å². The Balaban J connectivity index is 2.26. The number of halogens is 3. The van der Waals surface area contributed by atoms with E-state index in [9.17, 15) is 22.8 Å². The summed E-state index contributed by atoms with van der Waals surface area (Å²) in [5, 5.41) is 17.9. The largest absolute Gasteiger partial charge is 0.477 e. The van der Waals surface area contributed by atoms with Crippen LogP contribution in [-0.2, 0) is 21.8 Å². The molecule has 6 nitrogen and oxygen atoms in total. The lowest BCUT2D eigenvalue weighted by Crippen LogP contribution is -2.45. The van der Waals surface area contributed by atoms with Crippen molar-refractivity contribution in [2.45, 2.75) is 57.5 Å². The van der Waals surface area contributed by atoms with Crippen LogP contribution in [0.2, 0.25) is 0 Å². The van der Waals surface area contributed by atoms with Gasteiger partial charge in [-0.1, -0.05) is 27.7 Å². The number of carbonyl (C=O) groups is 1. The van der Waals surface area contributed by atoms with Gasteiger partial charge in [-0.3, -0.25) is 0 Å². The number of anilines is 1. The van der Waals surface area contributed by atoms with Gasteiger partial charge in [-0.25, -0.2) is 9.59 Å². The fourth-order valence-corrected chi connectivity index (χ4v) is 4.96. The van der Waals surface area contributed by atoms with Crippen molar-refractivity contribution in [1.82, 2.24) is 0 Å². The average Bonchev–Trinajstić information content (AvgIpc) is 2.68. The molecule has 2 aromatic rings. The van der Waals surface area contributed by atoms with Crippen LogP contribution in [0.5, 0.6) is 0 Å². The summed E-state index contributed by atoms with van der Waals surface area (Å²) in [6, 6.07) is 2.75. The molecule has 174 valence electrons. The minimum Gasteiger partial charge on any atom is -0.477 e. The molecule has 0 spiro atoms. The maximum absolute atomic E-state index is 14.4. The molecule has 2 aliphatic heterocycles. The van der Waals surface area contributed by atoms with E-state index in [0.717, 1.165) is 30.8 Å². The SMILES string of the molecule is CC1(C)CCN2CCC(C)(C)c3c2c1cc1c(C(F)(F)F)c(/C=C(/C#N)C(=O)O)c(=O)oc31. The van der Waals surface area contributed by atoms with Gasteiger partial charge < -0.3 is 14.4 Å². The van der Waals surface area contributed by atoms with Gasteiger partial charge in [-0.2, -0.15) is 18.4 Å². The molecule has 3 heterocycles. The zero-order chi connectivity index (χ0) is 24.5. The van der Waals surface area contributed by atoms with Crippen molar-refractivity contribution in [2.75, 3.05) is 18.0 Å². The van der Waals surface area contributed by atoms with E-state index in [0.29, 0.717) is 18.1 Å². The summed E-state index contributed by atoms with van der Waals surface area (Å²) in [5.74, 6) is -1.73. The molecule has 9 heteroatoms. The third-order valence-corrected chi connectivity index (χ3v) is 6.86. The van der Waals surface area contributed by atoms with Crippen LogP contribution >= 0.6 is 0 Å². The predicted octanol–water partition coefficient (Wildman–Crippen LogP) is 4.97. The lowest BCUT2D eigenvalue weighted by molar-refractivity contribution is -0.137. The number of nitrogens with zero attached hydrogens (tertiary/aromatic N) is 2. The molecule has 0 bridgehead atoms. The fourth-order valence-electron chi connectivity index (χ4n) is 4.96. The molecule has 1 N–H and O–H groups in total. The van der Waals surface area contributed by atoms with Crippen molar-refractivity contribution in [3.05, 3.63) is 44.3 Å². The second kappa shape index (κ2) is 7.11. The fraction of sp³-hybridized carbons (Fsp3) is 0.458. The Kier molecular flexibility index (Phi) is 4.93. The second-order valence-electron chi connectivity index (χ2n) is 9.93. The van der Waals surface area contributed by atoms with Crippen molar-refractivity contribution >= 4 is 28.7 Å². The normalized spacial score (nSPS) is 19.2. The monoisotopic (exact) mass is 460 g/mol. The van der Waals surface area contributed by atoms with Crippen LogP contribution in [0.3, 0.4) is 0 Å². The summed E-state index contributed by atoms with van der Waals surface area (Å²) in [4.78, 5) is 26.2. The number of aliphatic carboxylic acids is 1. The Morgan fingerprint density at radius 2 is 1.82 bits per heavy atom. The highest BCUT2D eigenvalue weighted by atomic mass is 19.4. The van der Waals surface area contributed by atoms with E-state index in [2.05, 4.69) is 4.90 Å². The topological polar surface area (TPSA) is 94.5 Å². The van der Waals surface area contributed by atoms with E-state index < -0.39 is 45.3 Å². The molecule has 0 aliphatic carbocycles. The molecule has 33 heavy (non-hydrogen) atoms. The first-order valence-corrected chi connectivity index (χ1v) is 10.5. The van der Waals surface area contributed by atoms with E-state index in [-0.39, 0.29) is 11.0 Å². The quantitative estimate of drug-likeness (QED) is 0.386. The lowest BCUT2D eigenvalue weighted by atomic mass is 9.69.